The molecule has 0 bridgehead atoms. The smallest absolute Gasteiger partial charge is 0.320 e. The topological polar surface area (TPSA) is 134 Å². The number of allylic oxidation sites excluding steroid dienone is 1. The van der Waals surface area contributed by atoms with Crippen LogP contribution in [0.3, 0.4) is 0 Å². The Kier molecular flexibility index (Phi) is 9.41. The van der Waals surface area contributed by atoms with Gasteiger partial charge < -0.3 is 9.47 Å². The molecule has 1 saturated heterocycles. The van der Waals surface area contributed by atoms with E-state index in [1.807, 2.05) is 48.5 Å². The first-order valence-corrected chi connectivity index (χ1v) is 12.6. The van der Waals surface area contributed by atoms with Crippen molar-refractivity contribution in [1.29, 1.82) is 0 Å². The molecule has 2 aromatic rings. The van der Waals surface area contributed by atoms with Crippen molar-refractivity contribution in [3.8, 4) is 0 Å². The molecule has 1 N–H and O–H groups in total. The summed E-state index contributed by atoms with van der Waals surface area (Å²) in [5.74, 6) is -1.39. The number of carbonyl (C=O) groups is 1. The maximum atomic E-state index is 13.1. The molecule has 1 heterocycles. The molecular formula is C24H29N5O5S. The average molecular weight is 500 g/mol. The van der Waals surface area contributed by atoms with Crippen LogP contribution in [0.25, 0.3) is 10.4 Å². The Labute approximate surface area is 205 Å². The fourth-order valence-electron chi connectivity index (χ4n) is 3.92. The second-order valence-corrected chi connectivity index (χ2v) is 9.88. The number of azide groups is 1. The summed E-state index contributed by atoms with van der Waals surface area (Å²) < 4.78 is 40.5. The first-order chi connectivity index (χ1) is 16.9. The zero-order valence-electron chi connectivity index (χ0n) is 19.3. The molecule has 1 aliphatic heterocycles. The van der Waals surface area contributed by atoms with Gasteiger partial charge in [-0.25, -0.2) is 0 Å². The van der Waals surface area contributed by atoms with Crippen LogP contribution in [0, 0.1) is 5.92 Å². The number of esters is 1. The minimum absolute atomic E-state index is 0.0209. The van der Waals surface area contributed by atoms with E-state index in [9.17, 15) is 18.7 Å². The molecule has 186 valence electrons. The molecule has 0 aromatic heterocycles. The molecular weight excluding hydrogens is 470 g/mol. The number of rotatable bonds is 13. The van der Waals surface area contributed by atoms with E-state index in [2.05, 4.69) is 21.3 Å². The zero-order chi connectivity index (χ0) is 25.2. The first kappa shape index (κ1) is 26.4. The molecule has 2 aromatic carbocycles. The minimum Gasteiger partial charge on any atom is -0.460 e. The van der Waals surface area contributed by atoms with Crippen LogP contribution in [0.2, 0.25) is 0 Å². The molecule has 0 aliphatic carbocycles. The van der Waals surface area contributed by atoms with Gasteiger partial charge in [0, 0.05) is 24.5 Å². The molecule has 3 rings (SSSR count). The normalized spacial score (nSPS) is 20.2. The minimum atomic E-state index is -3.97. The lowest BCUT2D eigenvalue weighted by molar-refractivity contribution is -0.152. The van der Waals surface area contributed by atoms with Crippen molar-refractivity contribution in [3.63, 3.8) is 0 Å². The van der Waals surface area contributed by atoms with Gasteiger partial charge in [-0.15, -0.1) is 6.58 Å². The van der Waals surface area contributed by atoms with E-state index in [0.29, 0.717) is 6.61 Å². The van der Waals surface area contributed by atoms with Crippen molar-refractivity contribution in [2.45, 2.75) is 25.2 Å². The number of carbonyl (C=O) groups excluding carboxylic acids is 1. The molecule has 0 spiro atoms. The van der Waals surface area contributed by atoms with Crippen molar-refractivity contribution >= 4 is 16.2 Å². The highest BCUT2D eigenvalue weighted by Gasteiger charge is 2.55. The fourth-order valence-corrected chi connectivity index (χ4v) is 5.19. The number of ether oxygens (including phenoxy) is 2. The molecule has 1 fully saturated rings. The van der Waals surface area contributed by atoms with E-state index in [1.54, 1.807) is 18.2 Å². The Morgan fingerprint density at radius 2 is 1.80 bits per heavy atom. The number of hydrogen-bond donors (Lipinski definition) is 1. The van der Waals surface area contributed by atoms with Crippen molar-refractivity contribution in [2.24, 2.45) is 11.0 Å². The van der Waals surface area contributed by atoms with E-state index >= 15 is 0 Å². The Morgan fingerprint density at radius 3 is 2.40 bits per heavy atom. The summed E-state index contributed by atoms with van der Waals surface area (Å²) in [7, 11) is -3.97. The Morgan fingerprint density at radius 1 is 1.17 bits per heavy atom. The maximum Gasteiger partial charge on any atom is 0.320 e. The Bertz CT molecular complexity index is 1140. The second-order valence-electron chi connectivity index (χ2n) is 8.13. The Balaban J connectivity index is 1.64. The largest absolute Gasteiger partial charge is 0.460 e. The third-order valence-electron chi connectivity index (χ3n) is 5.74. The van der Waals surface area contributed by atoms with Crippen LogP contribution in [-0.2, 0) is 37.7 Å². The van der Waals surface area contributed by atoms with Crippen molar-refractivity contribution in [1.82, 2.24) is 9.03 Å². The lowest BCUT2D eigenvalue weighted by atomic mass is 9.85. The van der Waals surface area contributed by atoms with Crippen LogP contribution >= 0.6 is 0 Å². The predicted octanol–water partition coefficient (Wildman–Crippen LogP) is 3.34. The highest BCUT2D eigenvalue weighted by atomic mass is 32.2. The molecule has 0 radical (unpaired) electrons. The average Bonchev–Trinajstić information content (AvgIpc) is 3.24. The summed E-state index contributed by atoms with van der Waals surface area (Å²) in [5.41, 5.74) is 9.26. The van der Waals surface area contributed by atoms with Gasteiger partial charge in [-0.05, 0) is 29.0 Å². The number of nitrogens with zero attached hydrogens (tertiary/aromatic N) is 4. The predicted molar refractivity (Wildman–Crippen MR) is 131 cm³/mol. The molecule has 0 saturated carbocycles. The van der Waals surface area contributed by atoms with Crippen LogP contribution < -0.4 is 4.72 Å². The van der Waals surface area contributed by atoms with Gasteiger partial charge in [0.1, 0.15) is 6.61 Å². The molecule has 10 nitrogen and oxygen atoms in total. The van der Waals surface area contributed by atoms with E-state index in [-0.39, 0.29) is 39.3 Å². The van der Waals surface area contributed by atoms with Crippen molar-refractivity contribution in [2.75, 3.05) is 26.2 Å². The van der Waals surface area contributed by atoms with Gasteiger partial charge >= 0.3 is 5.97 Å². The zero-order valence-corrected chi connectivity index (χ0v) is 20.1. The summed E-state index contributed by atoms with van der Waals surface area (Å²) in [6.45, 7) is 3.90. The van der Waals surface area contributed by atoms with E-state index in [4.69, 9.17) is 9.47 Å². The number of benzene rings is 2. The summed E-state index contributed by atoms with van der Waals surface area (Å²) in [6.07, 6.45) is 1.84. The molecule has 35 heavy (non-hydrogen) atoms. The van der Waals surface area contributed by atoms with Gasteiger partial charge in [0.15, 0.2) is 5.54 Å². The van der Waals surface area contributed by atoms with Crippen LogP contribution in [-0.4, -0.2) is 50.5 Å². The molecule has 2 unspecified atom stereocenters. The molecule has 0 amide bonds. The van der Waals surface area contributed by atoms with Crippen LogP contribution in [0.4, 0.5) is 0 Å². The van der Waals surface area contributed by atoms with Crippen LogP contribution in [0.15, 0.2) is 78.4 Å². The lowest BCUT2D eigenvalue weighted by Gasteiger charge is -2.26. The van der Waals surface area contributed by atoms with Gasteiger partial charge in [-0.2, -0.15) is 17.4 Å². The maximum absolute atomic E-state index is 13.1. The quantitative estimate of drug-likeness (QED) is 0.113. The van der Waals surface area contributed by atoms with Gasteiger partial charge in [-0.1, -0.05) is 71.9 Å². The third-order valence-corrected chi connectivity index (χ3v) is 7.27. The van der Waals surface area contributed by atoms with Gasteiger partial charge in [-0.3, -0.25) is 4.79 Å². The van der Waals surface area contributed by atoms with Crippen molar-refractivity contribution < 1.29 is 22.7 Å². The second kappa shape index (κ2) is 12.5. The van der Waals surface area contributed by atoms with E-state index < -0.39 is 27.6 Å². The molecule has 1 aliphatic rings. The van der Waals surface area contributed by atoms with Gasteiger partial charge in [0.25, 0.3) is 10.2 Å². The van der Waals surface area contributed by atoms with Gasteiger partial charge in [0.2, 0.25) is 0 Å². The van der Waals surface area contributed by atoms with Crippen LogP contribution in [0.5, 0.6) is 0 Å². The van der Waals surface area contributed by atoms with E-state index in [0.717, 1.165) is 15.4 Å². The standard InChI is InChI=1S/C24H29N5O5S/c1-2-9-22-16-29(35(31,32)26-14-15-33-17-20-10-5-3-6-11-20)19-24(22,27-28-25)23(30)34-18-21-12-7-4-8-13-21/h2-8,10-13,22,26H,1,9,14-19H2. The Hall–Kier alpha value is -3.21. The number of nitrogens with one attached hydrogen (secondary N) is 1. The third kappa shape index (κ3) is 6.91. The fraction of sp³-hybridized carbons (Fsp3) is 0.375. The van der Waals surface area contributed by atoms with Crippen LogP contribution in [0.1, 0.15) is 17.5 Å². The number of hydrogen-bond acceptors (Lipinski definition) is 6. The summed E-state index contributed by atoms with van der Waals surface area (Å²) >= 11 is 0. The first-order valence-electron chi connectivity index (χ1n) is 11.2. The van der Waals surface area contributed by atoms with E-state index in [1.165, 1.54) is 0 Å². The lowest BCUT2D eigenvalue weighted by Crippen LogP contribution is -2.47. The highest BCUT2D eigenvalue weighted by molar-refractivity contribution is 7.87. The molecule has 11 heteroatoms. The highest BCUT2D eigenvalue weighted by Crippen LogP contribution is 2.37. The summed E-state index contributed by atoms with van der Waals surface area (Å²) in [5, 5.41) is 3.77. The monoisotopic (exact) mass is 499 g/mol. The molecule has 2 atom stereocenters. The summed E-state index contributed by atoms with van der Waals surface area (Å²) in [4.78, 5) is 16.0. The van der Waals surface area contributed by atoms with Crippen molar-refractivity contribution in [3.05, 3.63) is 94.9 Å². The van der Waals surface area contributed by atoms with Gasteiger partial charge in [0.05, 0.1) is 13.2 Å². The SMILES string of the molecule is C=CCC1CN(S(=O)(=O)NCCOCc2ccccc2)CC1(N=[N+]=[N-])C(=O)OCc1ccccc1. The summed E-state index contributed by atoms with van der Waals surface area (Å²) in [6, 6.07) is 18.6.